The summed E-state index contributed by atoms with van der Waals surface area (Å²) in [4.78, 5) is 27.3. The zero-order valence-corrected chi connectivity index (χ0v) is 20.6. The molecule has 13 heteroatoms. The van der Waals surface area contributed by atoms with E-state index in [9.17, 15) is 45.4 Å². The van der Waals surface area contributed by atoms with Crippen LogP contribution in [0.5, 0.6) is 0 Å². The monoisotopic (exact) mass is 549 g/mol. The second-order valence-electron chi connectivity index (χ2n) is 9.45. The van der Waals surface area contributed by atoms with Crippen molar-refractivity contribution >= 4 is 12.1 Å². The normalized spacial score (nSPS) is 17.5. The molecule has 1 aliphatic rings. The molecule has 1 aliphatic heterocycles. The van der Waals surface area contributed by atoms with Gasteiger partial charge in [-0.3, -0.25) is 0 Å². The summed E-state index contributed by atoms with van der Waals surface area (Å²) in [7, 11) is 0. The van der Waals surface area contributed by atoms with E-state index < -0.39 is 59.4 Å². The van der Waals surface area contributed by atoms with E-state index in [4.69, 9.17) is 0 Å². The summed E-state index contributed by atoms with van der Waals surface area (Å²) >= 11 is 0. The van der Waals surface area contributed by atoms with Crippen LogP contribution in [0.25, 0.3) is 0 Å². The molecule has 2 unspecified atom stereocenters. The van der Waals surface area contributed by atoms with Gasteiger partial charge in [0, 0.05) is 19.6 Å². The average Bonchev–Trinajstić information content (AvgIpc) is 2.80. The van der Waals surface area contributed by atoms with Crippen molar-refractivity contribution in [3.8, 4) is 0 Å². The zero-order valence-electron chi connectivity index (χ0n) is 20.6. The summed E-state index contributed by atoms with van der Waals surface area (Å²) in [6.45, 7) is 4.29. The third kappa shape index (κ3) is 6.48. The molecule has 0 spiro atoms. The number of carbonyl (C=O) groups is 2. The van der Waals surface area contributed by atoms with E-state index in [1.54, 1.807) is 6.92 Å². The highest BCUT2D eigenvalue weighted by Gasteiger charge is 2.39. The van der Waals surface area contributed by atoms with Crippen molar-refractivity contribution < 1.29 is 45.4 Å². The van der Waals surface area contributed by atoms with Crippen molar-refractivity contribution in [3.05, 3.63) is 70.0 Å². The van der Waals surface area contributed by atoms with Gasteiger partial charge in [-0.1, -0.05) is 19.9 Å². The van der Waals surface area contributed by atoms with Crippen molar-refractivity contribution in [2.24, 2.45) is 5.92 Å². The molecule has 3 amide bonds. The van der Waals surface area contributed by atoms with Crippen molar-refractivity contribution in [2.75, 3.05) is 19.6 Å². The van der Waals surface area contributed by atoms with Crippen LogP contribution in [0.3, 0.4) is 0 Å². The van der Waals surface area contributed by atoms with Crippen LogP contribution in [0.2, 0.25) is 0 Å². The molecule has 38 heavy (non-hydrogen) atoms. The minimum absolute atomic E-state index is 0.0151. The Bertz CT molecular complexity index is 1170. The lowest BCUT2D eigenvalue weighted by Gasteiger charge is -2.42. The van der Waals surface area contributed by atoms with Crippen LogP contribution in [0.1, 0.15) is 53.7 Å². The summed E-state index contributed by atoms with van der Waals surface area (Å²) in [5.41, 5.74) is -2.50. The number of halogens is 7. The van der Waals surface area contributed by atoms with Gasteiger partial charge in [-0.25, -0.2) is 14.0 Å². The number of nitrogens with one attached hydrogen (secondary N) is 1. The predicted octanol–water partition coefficient (Wildman–Crippen LogP) is 6.62. The van der Waals surface area contributed by atoms with Crippen LogP contribution in [-0.2, 0) is 12.4 Å². The van der Waals surface area contributed by atoms with Crippen LogP contribution < -0.4 is 5.32 Å². The summed E-state index contributed by atoms with van der Waals surface area (Å²) < 4.78 is 94.2. The minimum Gasteiger partial charge on any atom is -0.465 e. The second-order valence-corrected chi connectivity index (χ2v) is 9.45. The molecular formula is C25H26F7N3O3. The molecule has 1 saturated heterocycles. The summed E-state index contributed by atoms with van der Waals surface area (Å²) in [6, 6.07) is 2.01. The van der Waals surface area contributed by atoms with Gasteiger partial charge in [-0.15, -0.1) is 0 Å². The number of hydrogen-bond donors (Lipinski definition) is 2. The number of nitrogens with zero attached hydrogens (tertiary/aromatic N) is 2. The average molecular weight is 549 g/mol. The maximum absolute atomic E-state index is 13.7. The highest BCUT2D eigenvalue weighted by molar-refractivity contribution is 5.76. The highest BCUT2D eigenvalue weighted by atomic mass is 19.4. The number of hydrogen-bond acceptors (Lipinski definition) is 2. The smallest absolute Gasteiger partial charge is 0.416 e. The summed E-state index contributed by atoms with van der Waals surface area (Å²) in [5, 5.41) is 12.0. The van der Waals surface area contributed by atoms with E-state index >= 15 is 0 Å². The number of piperazine rings is 1. The fourth-order valence-electron chi connectivity index (χ4n) is 4.49. The molecule has 0 radical (unpaired) electrons. The number of rotatable bonds is 4. The van der Waals surface area contributed by atoms with Gasteiger partial charge in [-0.05, 0) is 59.9 Å². The molecule has 0 bridgehead atoms. The first-order valence-corrected chi connectivity index (χ1v) is 11.6. The first-order chi connectivity index (χ1) is 17.5. The van der Waals surface area contributed by atoms with Crippen molar-refractivity contribution in [2.45, 2.75) is 45.2 Å². The molecule has 0 aliphatic carbocycles. The van der Waals surface area contributed by atoms with E-state index in [2.05, 4.69) is 5.32 Å². The van der Waals surface area contributed by atoms with E-state index in [-0.39, 0.29) is 31.3 Å². The first kappa shape index (κ1) is 29.1. The number of carboxylic acid groups (broad SMARTS) is 1. The van der Waals surface area contributed by atoms with Gasteiger partial charge in [-0.2, -0.15) is 26.3 Å². The Morgan fingerprint density at radius 1 is 0.974 bits per heavy atom. The largest absolute Gasteiger partial charge is 0.465 e. The zero-order chi connectivity index (χ0) is 28.6. The molecule has 6 nitrogen and oxygen atoms in total. The number of carbonyl (C=O) groups excluding carboxylic acids is 1. The fourth-order valence-corrected chi connectivity index (χ4v) is 4.49. The van der Waals surface area contributed by atoms with E-state index in [1.165, 1.54) is 30.9 Å². The number of benzene rings is 2. The van der Waals surface area contributed by atoms with Gasteiger partial charge in [0.1, 0.15) is 5.82 Å². The van der Waals surface area contributed by atoms with Crippen molar-refractivity contribution in [3.63, 3.8) is 0 Å². The quantitative estimate of drug-likeness (QED) is 0.422. The minimum atomic E-state index is -5.06. The Labute approximate surface area is 214 Å². The molecular weight excluding hydrogens is 523 g/mol. The lowest BCUT2D eigenvalue weighted by molar-refractivity contribution is -0.143. The molecule has 1 fully saturated rings. The van der Waals surface area contributed by atoms with Gasteiger partial charge in [0.05, 0.1) is 23.2 Å². The fraction of sp³-hybridized carbons (Fsp3) is 0.440. The SMILES string of the molecule is Cc1cc(F)ccc1C1CN(C(=O)O)CCN1C(=O)NC(c1cc(C(F)(F)F)cc(C(F)(F)F)c1)C(C)C. The predicted molar refractivity (Wildman–Crippen MR) is 123 cm³/mol. The van der Waals surface area contributed by atoms with Gasteiger partial charge in [0.25, 0.3) is 0 Å². The molecule has 3 rings (SSSR count). The van der Waals surface area contributed by atoms with Gasteiger partial charge in [0.2, 0.25) is 0 Å². The van der Waals surface area contributed by atoms with Crippen LogP contribution in [0, 0.1) is 18.7 Å². The highest BCUT2D eigenvalue weighted by Crippen LogP contribution is 2.39. The van der Waals surface area contributed by atoms with E-state index in [0.29, 0.717) is 23.3 Å². The molecule has 2 N–H and O–H groups in total. The molecule has 1 heterocycles. The van der Waals surface area contributed by atoms with Gasteiger partial charge >= 0.3 is 24.5 Å². The molecule has 2 atom stereocenters. The van der Waals surface area contributed by atoms with Crippen LogP contribution in [-0.4, -0.2) is 46.7 Å². The number of amides is 3. The van der Waals surface area contributed by atoms with Crippen molar-refractivity contribution in [1.29, 1.82) is 0 Å². The van der Waals surface area contributed by atoms with E-state index in [1.807, 2.05) is 0 Å². The standard InChI is InChI=1S/C25H26F7N3O3/c1-13(2)21(15-9-16(24(27,28)29)11-17(10-15)25(30,31)32)33-22(36)35-7-6-34(23(37)38)12-20(35)19-5-4-18(26)8-14(19)3/h4-5,8-11,13,20-21H,6-7,12H2,1-3H3,(H,33,36)(H,37,38). The third-order valence-electron chi connectivity index (χ3n) is 6.42. The molecule has 2 aromatic rings. The Kier molecular flexibility index (Phi) is 8.18. The van der Waals surface area contributed by atoms with Crippen LogP contribution in [0.4, 0.5) is 40.3 Å². The maximum Gasteiger partial charge on any atom is 0.416 e. The molecule has 208 valence electrons. The van der Waals surface area contributed by atoms with Crippen molar-refractivity contribution in [1.82, 2.24) is 15.1 Å². The van der Waals surface area contributed by atoms with Gasteiger partial charge in [0.15, 0.2) is 0 Å². The summed E-state index contributed by atoms with van der Waals surface area (Å²) in [6.07, 6.45) is -11.3. The second kappa shape index (κ2) is 10.7. The lowest BCUT2D eigenvalue weighted by atomic mass is 9.92. The van der Waals surface area contributed by atoms with Gasteiger partial charge < -0.3 is 20.2 Å². The maximum atomic E-state index is 13.7. The lowest BCUT2D eigenvalue weighted by Crippen LogP contribution is -2.55. The molecule has 0 aromatic heterocycles. The topological polar surface area (TPSA) is 72.9 Å². The molecule has 2 aromatic carbocycles. The Hall–Kier alpha value is -3.51. The Balaban J connectivity index is 2.00. The molecule has 0 saturated carbocycles. The Morgan fingerprint density at radius 2 is 1.55 bits per heavy atom. The van der Waals surface area contributed by atoms with Crippen LogP contribution >= 0.6 is 0 Å². The summed E-state index contributed by atoms with van der Waals surface area (Å²) in [5.74, 6) is -1.16. The van der Waals surface area contributed by atoms with E-state index in [0.717, 1.165) is 11.0 Å². The Morgan fingerprint density at radius 3 is 2.03 bits per heavy atom. The first-order valence-electron chi connectivity index (χ1n) is 11.6. The number of urea groups is 1. The van der Waals surface area contributed by atoms with Crippen LogP contribution in [0.15, 0.2) is 36.4 Å². The number of aryl methyl sites for hydroxylation is 1. The number of alkyl halides is 6. The third-order valence-corrected chi connectivity index (χ3v) is 6.42.